The van der Waals surface area contributed by atoms with Gasteiger partial charge in [0.2, 0.25) is 15.9 Å². The topological polar surface area (TPSA) is 75.7 Å². The Bertz CT molecular complexity index is 695. The molecule has 11 heteroatoms. The van der Waals surface area contributed by atoms with E-state index in [0.717, 1.165) is 16.6 Å². The van der Waals surface area contributed by atoms with E-state index in [9.17, 15) is 26.4 Å². The summed E-state index contributed by atoms with van der Waals surface area (Å²) in [6.45, 7) is -0.702. The molecule has 1 aromatic carbocycles. The lowest BCUT2D eigenvalue weighted by Crippen LogP contribution is -2.39. The monoisotopic (exact) mass is 388 g/mol. The number of carbonyl (C=O) groups is 1. The maximum absolute atomic E-state index is 13.0. The van der Waals surface area contributed by atoms with Crippen LogP contribution in [0.15, 0.2) is 18.2 Å². The highest BCUT2D eigenvalue weighted by Crippen LogP contribution is 2.36. The van der Waals surface area contributed by atoms with Crippen molar-refractivity contribution in [2.24, 2.45) is 0 Å². The summed E-state index contributed by atoms with van der Waals surface area (Å²) in [4.78, 5) is 11.9. The van der Waals surface area contributed by atoms with E-state index in [1.54, 1.807) is 0 Å². The lowest BCUT2D eigenvalue weighted by molar-refractivity contribution is -0.137. The zero-order valence-electron chi connectivity index (χ0n) is 12.9. The van der Waals surface area contributed by atoms with E-state index in [-0.39, 0.29) is 18.2 Å². The molecule has 1 rings (SSSR count). The van der Waals surface area contributed by atoms with E-state index in [1.807, 2.05) is 0 Å². The number of sulfonamides is 1. The number of rotatable bonds is 7. The Morgan fingerprint density at radius 2 is 2.00 bits per heavy atom. The Hall–Kier alpha value is -1.36. The Morgan fingerprint density at radius 3 is 2.50 bits per heavy atom. The molecule has 0 aliphatic heterocycles. The molecule has 0 saturated carbocycles. The van der Waals surface area contributed by atoms with E-state index in [2.05, 4.69) is 5.32 Å². The van der Waals surface area contributed by atoms with Crippen LogP contribution in [0.1, 0.15) is 5.56 Å². The first-order chi connectivity index (χ1) is 10.9. The van der Waals surface area contributed by atoms with E-state index >= 15 is 0 Å². The second-order valence-electron chi connectivity index (χ2n) is 4.83. The highest BCUT2D eigenvalue weighted by Gasteiger charge is 2.34. The molecule has 0 aliphatic rings. The SMILES string of the molecule is COCCN(CC(=O)Nc1ccc(Cl)cc1C(F)(F)F)S(C)(=O)=O. The van der Waals surface area contributed by atoms with Gasteiger partial charge in [-0.15, -0.1) is 0 Å². The number of amides is 1. The number of nitrogens with one attached hydrogen (secondary N) is 1. The molecular formula is C13H16ClF3N2O4S. The summed E-state index contributed by atoms with van der Waals surface area (Å²) in [7, 11) is -2.37. The third-order valence-corrected chi connectivity index (χ3v) is 4.38. The number of nitrogens with zero attached hydrogens (tertiary/aromatic N) is 1. The average Bonchev–Trinajstić information content (AvgIpc) is 2.43. The van der Waals surface area contributed by atoms with Gasteiger partial charge < -0.3 is 10.1 Å². The van der Waals surface area contributed by atoms with Gasteiger partial charge in [-0.1, -0.05) is 11.6 Å². The molecular weight excluding hydrogens is 373 g/mol. The smallest absolute Gasteiger partial charge is 0.383 e. The van der Waals surface area contributed by atoms with Crippen molar-refractivity contribution in [3.05, 3.63) is 28.8 Å². The third-order valence-electron chi connectivity index (χ3n) is 2.89. The minimum absolute atomic E-state index is 0.0368. The largest absolute Gasteiger partial charge is 0.418 e. The van der Waals surface area contributed by atoms with Gasteiger partial charge in [0.05, 0.1) is 30.7 Å². The molecule has 0 unspecified atom stereocenters. The predicted molar refractivity (Wildman–Crippen MR) is 83.4 cm³/mol. The first-order valence-corrected chi connectivity index (χ1v) is 8.78. The number of alkyl halides is 3. The number of benzene rings is 1. The van der Waals surface area contributed by atoms with Gasteiger partial charge in [0.15, 0.2) is 0 Å². The maximum atomic E-state index is 13.0. The fraction of sp³-hybridized carbons (Fsp3) is 0.462. The van der Waals surface area contributed by atoms with E-state index in [4.69, 9.17) is 16.3 Å². The molecule has 0 radical (unpaired) electrons. The molecule has 0 aromatic heterocycles. The minimum Gasteiger partial charge on any atom is -0.383 e. The molecule has 0 bridgehead atoms. The summed E-state index contributed by atoms with van der Waals surface area (Å²) in [5, 5.41) is 1.92. The normalized spacial score (nSPS) is 12.5. The molecule has 1 aromatic rings. The van der Waals surface area contributed by atoms with Gasteiger partial charge in [0.1, 0.15) is 0 Å². The van der Waals surface area contributed by atoms with Gasteiger partial charge in [-0.25, -0.2) is 8.42 Å². The lowest BCUT2D eigenvalue weighted by Gasteiger charge is -2.20. The lowest BCUT2D eigenvalue weighted by atomic mass is 10.1. The summed E-state index contributed by atoms with van der Waals surface area (Å²) in [5.41, 5.74) is -1.62. The molecule has 0 atom stereocenters. The molecule has 0 spiro atoms. The van der Waals surface area contributed by atoms with Crippen LogP contribution in [0.4, 0.5) is 18.9 Å². The molecule has 0 heterocycles. The molecule has 0 saturated heterocycles. The van der Waals surface area contributed by atoms with Crippen molar-refractivity contribution in [3.8, 4) is 0 Å². The van der Waals surface area contributed by atoms with Gasteiger partial charge in [-0.05, 0) is 18.2 Å². The zero-order chi connectivity index (χ0) is 18.5. The molecule has 136 valence electrons. The van der Waals surface area contributed by atoms with Crippen molar-refractivity contribution in [3.63, 3.8) is 0 Å². The standard InChI is InChI=1S/C13H16ClF3N2O4S/c1-23-6-5-19(24(2,21)22)8-12(20)18-11-4-3-9(14)7-10(11)13(15,16)17/h3-4,7H,5-6,8H2,1-2H3,(H,18,20). The first-order valence-electron chi connectivity index (χ1n) is 6.56. The first kappa shape index (κ1) is 20.7. The van der Waals surface area contributed by atoms with Crippen molar-refractivity contribution in [1.82, 2.24) is 4.31 Å². The van der Waals surface area contributed by atoms with E-state index in [0.29, 0.717) is 6.07 Å². The van der Waals surface area contributed by atoms with Crippen LogP contribution in [0.5, 0.6) is 0 Å². The fourth-order valence-electron chi connectivity index (χ4n) is 1.77. The zero-order valence-corrected chi connectivity index (χ0v) is 14.4. The summed E-state index contributed by atoms with van der Waals surface area (Å²) in [5.74, 6) is -0.913. The number of methoxy groups -OCH3 is 1. The average molecular weight is 389 g/mol. The van der Waals surface area contributed by atoms with Crippen LogP contribution < -0.4 is 5.32 Å². The number of carbonyl (C=O) groups excluding carboxylic acids is 1. The van der Waals surface area contributed by atoms with Crippen LogP contribution in [-0.4, -0.2) is 51.7 Å². The highest BCUT2D eigenvalue weighted by molar-refractivity contribution is 7.88. The second kappa shape index (κ2) is 8.15. The van der Waals surface area contributed by atoms with Crippen molar-refractivity contribution in [1.29, 1.82) is 0 Å². The molecule has 1 amide bonds. The second-order valence-corrected chi connectivity index (χ2v) is 7.24. The molecule has 1 N–H and O–H groups in total. The van der Waals surface area contributed by atoms with Crippen LogP contribution in [-0.2, 0) is 25.7 Å². The Balaban J connectivity index is 2.95. The van der Waals surface area contributed by atoms with Gasteiger partial charge in [0.25, 0.3) is 0 Å². The summed E-state index contributed by atoms with van der Waals surface area (Å²) >= 11 is 5.55. The van der Waals surface area contributed by atoms with Crippen LogP contribution in [0.2, 0.25) is 5.02 Å². The van der Waals surface area contributed by atoms with Crippen molar-refractivity contribution in [2.45, 2.75) is 6.18 Å². The van der Waals surface area contributed by atoms with Crippen molar-refractivity contribution >= 4 is 33.2 Å². The fourth-order valence-corrected chi connectivity index (χ4v) is 2.70. The molecule has 0 aliphatic carbocycles. The predicted octanol–water partition coefficient (Wildman–Crippen LogP) is 2.21. The highest BCUT2D eigenvalue weighted by atomic mass is 35.5. The third kappa shape index (κ3) is 6.27. The maximum Gasteiger partial charge on any atom is 0.418 e. The molecule has 24 heavy (non-hydrogen) atoms. The van der Waals surface area contributed by atoms with Crippen LogP contribution in [0.3, 0.4) is 0 Å². The van der Waals surface area contributed by atoms with Crippen molar-refractivity contribution < 1.29 is 31.1 Å². The summed E-state index contributed by atoms with van der Waals surface area (Å²) in [6, 6.07) is 2.87. The Kier molecular flexibility index (Phi) is 7.02. The summed E-state index contributed by atoms with van der Waals surface area (Å²) in [6.07, 6.45) is -3.83. The Labute approximate surface area is 142 Å². The van der Waals surface area contributed by atoms with Gasteiger partial charge >= 0.3 is 6.18 Å². The number of hydrogen-bond acceptors (Lipinski definition) is 4. The summed E-state index contributed by atoms with van der Waals surface area (Å²) < 4.78 is 67.6. The Morgan fingerprint density at radius 1 is 1.38 bits per heavy atom. The van der Waals surface area contributed by atoms with Crippen molar-refractivity contribution in [2.75, 3.05) is 38.4 Å². The number of halogens is 4. The molecule has 6 nitrogen and oxygen atoms in total. The number of anilines is 1. The van der Waals surface area contributed by atoms with Crippen LogP contribution >= 0.6 is 11.6 Å². The quantitative estimate of drug-likeness (QED) is 0.777. The van der Waals surface area contributed by atoms with Gasteiger partial charge in [0, 0.05) is 18.7 Å². The number of hydrogen-bond donors (Lipinski definition) is 1. The minimum atomic E-state index is -4.72. The number of ether oxygens (including phenoxy) is 1. The molecule has 0 fully saturated rings. The van der Waals surface area contributed by atoms with Crippen LogP contribution in [0, 0.1) is 0 Å². The van der Waals surface area contributed by atoms with Gasteiger partial charge in [-0.2, -0.15) is 17.5 Å². The van der Waals surface area contributed by atoms with Gasteiger partial charge in [-0.3, -0.25) is 4.79 Å². The van der Waals surface area contributed by atoms with E-state index in [1.165, 1.54) is 13.2 Å². The van der Waals surface area contributed by atoms with E-state index < -0.39 is 39.9 Å². The van der Waals surface area contributed by atoms with Crippen LogP contribution in [0.25, 0.3) is 0 Å².